The average Bonchev–Trinajstić information content (AvgIpc) is 3.27. The van der Waals surface area contributed by atoms with Crippen LogP contribution in [0.15, 0.2) is 122 Å². The van der Waals surface area contributed by atoms with E-state index in [1.54, 1.807) is 0 Å². The predicted octanol–water partition coefficient (Wildman–Crippen LogP) is 16.1. The number of unbranched alkanes of at least 4 members (excludes halogenated alkanes) is 14. The van der Waals surface area contributed by atoms with Crippen LogP contribution in [0.2, 0.25) is 0 Å². The van der Waals surface area contributed by atoms with Crippen molar-refractivity contribution < 1.29 is 28.6 Å². The molecule has 0 N–H and O–H groups in total. The highest BCUT2D eigenvalue weighted by atomic mass is 16.6. The SMILES string of the molecule is CC\C=C/C=C\C=C/C=C\CCCCCC(=O)OCC(COC(=O)CCC/C=C\C/C=C\C/C=C\CCCCCCCC)OC(=O)CCCCCC/C=C\C/C=C\C/C=C\CC. The Morgan fingerprint density at radius 3 is 1.26 bits per heavy atom. The van der Waals surface area contributed by atoms with Crippen LogP contribution in [0.4, 0.5) is 0 Å². The summed E-state index contributed by atoms with van der Waals surface area (Å²) >= 11 is 0. The highest BCUT2D eigenvalue weighted by molar-refractivity contribution is 5.71. The molecule has 0 aromatic heterocycles. The second-order valence-corrected chi connectivity index (χ2v) is 15.7. The third kappa shape index (κ3) is 46.9. The van der Waals surface area contributed by atoms with E-state index in [1.807, 2.05) is 36.5 Å². The van der Waals surface area contributed by atoms with Gasteiger partial charge in [-0.25, -0.2) is 0 Å². The molecule has 0 rings (SSSR count). The number of ether oxygens (including phenoxy) is 3. The molecule has 0 spiro atoms. The Hall–Kier alpha value is -4.19. The van der Waals surface area contributed by atoms with Crippen LogP contribution in [0.5, 0.6) is 0 Å². The fourth-order valence-corrected chi connectivity index (χ4v) is 6.13. The van der Waals surface area contributed by atoms with Gasteiger partial charge in [-0.3, -0.25) is 14.4 Å². The van der Waals surface area contributed by atoms with Crippen LogP contribution in [0, 0.1) is 0 Å². The van der Waals surface area contributed by atoms with E-state index in [4.69, 9.17) is 14.2 Å². The smallest absolute Gasteiger partial charge is 0.306 e. The maximum atomic E-state index is 12.8. The second-order valence-electron chi connectivity index (χ2n) is 15.7. The molecule has 0 fully saturated rings. The van der Waals surface area contributed by atoms with Crippen LogP contribution in [0.25, 0.3) is 0 Å². The Bertz CT molecular complexity index is 1350. The molecule has 0 saturated heterocycles. The second kappa shape index (κ2) is 49.5. The van der Waals surface area contributed by atoms with Crippen LogP contribution in [0.3, 0.4) is 0 Å². The summed E-state index contributed by atoms with van der Waals surface area (Å²) in [7, 11) is 0. The first-order chi connectivity index (χ1) is 30.5. The highest BCUT2D eigenvalue weighted by Crippen LogP contribution is 2.11. The third-order valence-electron chi connectivity index (χ3n) is 9.78. The van der Waals surface area contributed by atoms with E-state index in [2.05, 4.69) is 106 Å². The Morgan fingerprint density at radius 2 is 0.726 bits per heavy atom. The van der Waals surface area contributed by atoms with Crippen LogP contribution < -0.4 is 0 Å². The first-order valence-electron chi connectivity index (χ1n) is 24.6. The minimum Gasteiger partial charge on any atom is -0.462 e. The van der Waals surface area contributed by atoms with Crippen molar-refractivity contribution in [3.63, 3.8) is 0 Å². The van der Waals surface area contributed by atoms with Gasteiger partial charge >= 0.3 is 17.9 Å². The average molecular weight is 857 g/mol. The first-order valence-corrected chi connectivity index (χ1v) is 24.6. The van der Waals surface area contributed by atoms with Crippen LogP contribution in [-0.2, 0) is 28.6 Å². The van der Waals surface area contributed by atoms with Crippen molar-refractivity contribution in [2.24, 2.45) is 0 Å². The Morgan fingerprint density at radius 1 is 0.355 bits per heavy atom. The van der Waals surface area contributed by atoms with E-state index in [1.165, 1.54) is 44.9 Å². The van der Waals surface area contributed by atoms with Crippen LogP contribution in [0.1, 0.15) is 194 Å². The molecule has 0 aliphatic rings. The zero-order chi connectivity index (χ0) is 45.1. The van der Waals surface area contributed by atoms with Gasteiger partial charge in [-0.05, 0) is 103 Å². The van der Waals surface area contributed by atoms with E-state index in [-0.39, 0.29) is 44.0 Å². The van der Waals surface area contributed by atoms with Gasteiger partial charge < -0.3 is 14.2 Å². The molecule has 1 unspecified atom stereocenters. The number of hydrogen-bond acceptors (Lipinski definition) is 6. The normalized spacial score (nSPS) is 13.1. The molecular formula is C56H88O6. The molecule has 0 aliphatic carbocycles. The molecule has 0 amide bonds. The molecule has 0 aromatic rings. The minimum absolute atomic E-state index is 0.127. The van der Waals surface area contributed by atoms with Crippen molar-refractivity contribution in [1.82, 2.24) is 0 Å². The van der Waals surface area contributed by atoms with Gasteiger partial charge in [-0.1, -0.05) is 194 Å². The molecule has 62 heavy (non-hydrogen) atoms. The lowest BCUT2D eigenvalue weighted by Gasteiger charge is -2.18. The summed E-state index contributed by atoms with van der Waals surface area (Å²) in [5.74, 6) is -1.05. The largest absolute Gasteiger partial charge is 0.462 e. The number of allylic oxidation sites excluding steroid dienone is 20. The Balaban J connectivity index is 4.58. The van der Waals surface area contributed by atoms with Crippen LogP contribution in [-0.4, -0.2) is 37.2 Å². The maximum Gasteiger partial charge on any atom is 0.306 e. The lowest BCUT2D eigenvalue weighted by atomic mass is 10.1. The van der Waals surface area contributed by atoms with Gasteiger partial charge in [0, 0.05) is 19.3 Å². The molecule has 0 radical (unpaired) electrons. The monoisotopic (exact) mass is 857 g/mol. The summed E-state index contributed by atoms with van der Waals surface area (Å²) in [5, 5.41) is 0. The molecule has 348 valence electrons. The van der Waals surface area contributed by atoms with E-state index < -0.39 is 6.10 Å². The minimum atomic E-state index is -0.829. The number of carbonyl (C=O) groups excluding carboxylic acids is 3. The molecular weight excluding hydrogens is 769 g/mol. The topological polar surface area (TPSA) is 78.9 Å². The fourth-order valence-electron chi connectivity index (χ4n) is 6.13. The molecule has 0 bridgehead atoms. The number of rotatable bonds is 42. The van der Waals surface area contributed by atoms with Crippen molar-refractivity contribution in [2.45, 2.75) is 200 Å². The van der Waals surface area contributed by atoms with Gasteiger partial charge in [0.25, 0.3) is 0 Å². The summed E-state index contributed by atoms with van der Waals surface area (Å²) in [6, 6.07) is 0. The number of esters is 3. The van der Waals surface area contributed by atoms with Gasteiger partial charge in [0.05, 0.1) is 0 Å². The van der Waals surface area contributed by atoms with Gasteiger partial charge in [0.2, 0.25) is 0 Å². The zero-order valence-corrected chi connectivity index (χ0v) is 39.6. The summed E-state index contributed by atoms with van der Waals surface area (Å²) in [4.78, 5) is 37.9. The Labute approximate surface area is 380 Å². The summed E-state index contributed by atoms with van der Waals surface area (Å²) in [6.07, 6.45) is 67.6. The molecule has 0 aliphatic heterocycles. The quantitative estimate of drug-likeness (QED) is 0.0200. The van der Waals surface area contributed by atoms with E-state index in [0.29, 0.717) is 12.8 Å². The van der Waals surface area contributed by atoms with Crippen molar-refractivity contribution in [1.29, 1.82) is 0 Å². The third-order valence-corrected chi connectivity index (χ3v) is 9.78. The first kappa shape index (κ1) is 57.8. The maximum absolute atomic E-state index is 12.8. The van der Waals surface area contributed by atoms with E-state index in [9.17, 15) is 14.4 Å². The molecule has 0 saturated carbocycles. The van der Waals surface area contributed by atoms with Crippen molar-refractivity contribution in [3.05, 3.63) is 122 Å². The van der Waals surface area contributed by atoms with Gasteiger partial charge in [-0.2, -0.15) is 0 Å². The molecule has 0 aromatic carbocycles. The highest BCUT2D eigenvalue weighted by Gasteiger charge is 2.19. The molecule has 0 heterocycles. The van der Waals surface area contributed by atoms with Gasteiger partial charge in [0.1, 0.15) is 13.2 Å². The zero-order valence-electron chi connectivity index (χ0n) is 39.6. The predicted molar refractivity (Wildman–Crippen MR) is 265 cm³/mol. The van der Waals surface area contributed by atoms with E-state index >= 15 is 0 Å². The van der Waals surface area contributed by atoms with Crippen LogP contribution >= 0.6 is 0 Å². The van der Waals surface area contributed by atoms with Crippen molar-refractivity contribution in [2.75, 3.05) is 13.2 Å². The van der Waals surface area contributed by atoms with Crippen molar-refractivity contribution in [3.8, 4) is 0 Å². The molecule has 1 atom stereocenters. The summed E-state index contributed by atoms with van der Waals surface area (Å²) in [5.41, 5.74) is 0. The standard InChI is InChI=1S/C56H88O6/c1-4-7-10-13-16-19-22-25-27-28-29-32-34-37-40-43-46-49-55(58)61-52-53(51-60-54(57)48-45-42-39-36-33-30-24-21-18-15-12-9-6-3)62-56(59)50-47-44-41-38-35-31-26-23-20-17-14-11-8-5-2/h8-9,11-12,15,17-18,20-21,24-27,29-33,37,40,53H,4-7,10,13-14,16,19,22-23,28,34-36,38-39,41-52H2,1-3H3/b11-8-,12-9-,18-15-,20-17-,24-21-,27-25-,31-26-,32-29-,33-30-,40-37-. The van der Waals surface area contributed by atoms with E-state index in [0.717, 1.165) is 103 Å². The summed E-state index contributed by atoms with van der Waals surface area (Å²) < 4.78 is 16.7. The van der Waals surface area contributed by atoms with Gasteiger partial charge in [0.15, 0.2) is 6.10 Å². The molecule has 6 nitrogen and oxygen atoms in total. The van der Waals surface area contributed by atoms with Gasteiger partial charge in [-0.15, -0.1) is 0 Å². The fraction of sp³-hybridized carbons (Fsp3) is 0.589. The molecule has 6 heteroatoms. The lowest BCUT2D eigenvalue weighted by molar-refractivity contribution is -0.167. The Kier molecular flexibility index (Phi) is 46.1. The van der Waals surface area contributed by atoms with Crippen molar-refractivity contribution >= 4 is 17.9 Å². The number of carbonyl (C=O) groups is 3. The lowest BCUT2D eigenvalue weighted by Crippen LogP contribution is -2.30. The summed E-state index contributed by atoms with van der Waals surface area (Å²) in [6.45, 7) is 6.25. The number of hydrogen-bond donors (Lipinski definition) is 0.